The predicted molar refractivity (Wildman–Crippen MR) is 73.6 cm³/mol. The number of hydrogen-bond acceptors (Lipinski definition) is 3. The average Bonchev–Trinajstić information content (AvgIpc) is 2.83. The van der Waals surface area contributed by atoms with E-state index in [1.54, 1.807) is 24.3 Å². The van der Waals surface area contributed by atoms with Gasteiger partial charge < -0.3 is 5.32 Å². The zero-order chi connectivity index (χ0) is 13.8. The topological polar surface area (TPSA) is 81.6 Å². The first-order valence-electron chi connectivity index (χ1n) is 5.27. The molecule has 1 heterocycles. The third-order valence-corrected chi connectivity index (χ3v) is 3.39. The normalized spacial score (nSPS) is 11.6. The molecule has 0 saturated heterocycles. The van der Waals surface area contributed by atoms with Gasteiger partial charge in [0.25, 0.3) is 5.91 Å². The summed E-state index contributed by atoms with van der Waals surface area (Å²) in [6, 6.07) is 8.05. The average molecular weight is 340 g/mol. The van der Waals surface area contributed by atoms with Crippen LogP contribution in [0.15, 0.2) is 34.9 Å². The molecule has 0 radical (unpaired) electrons. The van der Waals surface area contributed by atoms with Crippen molar-refractivity contribution in [2.24, 2.45) is 0 Å². The summed E-state index contributed by atoms with van der Waals surface area (Å²) < 4.78 is 0.529. The minimum absolute atomic E-state index is 0.257. The third kappa shape index (κ3) is 2.95. The Hall–Kier alpha value is -1.84. The summed E-state index contributed by atoms with van der Waals surface area (Å²) in [6.07, 6.45) is 1.46. The van der Waals surface area contributed by atoms with E-state index < -0.39 is 11.9 Å². The minimum Gasteiger partial charge on any atom is -0.331 e. The minimum atomic E-state index is -0.823. The van der Waals surface area contributed by atoms with Gasteiger partial charge in [-0.1, -0.05) is 29.8 Å². The van der Waals surface area contributed by atoms with E-state index in [0.29, 0.717) is 15.1 Å². The van der Waals surface area contributed by atoms with Gasteiger partial charge in [-0.25, -0.2) is 0 Å². The molecule has 2 aromatic rings. The fraction of sp³-hybridized carbons (Fsp3) is 0.0833. The zero-order valence-electron chi connectivity index (χ0n) is 9.52. The molecule has 2 N–H and O–H groups in total. The van der Waals surface area contributed by atoms with E-state index >= 15 is 0 Å². The van der Waals surface area contributed by atoms with Crippen molar-refractivity contribution in [2.45, 2.75) is 6.04 Å². The number of aromatic amines is 1. The van der Waals surface area contributed by atoms with Crippen LogP contribution in [0.2, 0.25) is 5.02 Å². The van der Waals surface area contributed by atoms with E-state index in [1.165, 1.54) is 6.20 Å². The smallest absolute Gasteiger partial charge is 0.271 e. The summed E-state index contributed by atoms with van der Waals surface area (Å²) in [6.45, 7) is 0. The maximum atomic E-state index is 12.0. The molecule has 1 atom stereocenters. The molecule has 0 fully saturated rings. The van der Waals surface area contributed by atoms with Crippen LogP contribution in [0.3, 0.4) is 0 Å². The van der Waals surface area contributed by atoms with E-state index in [1.807, 2.05) is 6.07 Å². The molecule has 0 aliphatic carbocycles. The molecule has 1 aromatic carbocycles. The van der Waals surface area contributed by atoms with Crippen LogP contribution in [-0.2, 0) is 0 Å². The SMILES string of the molecule is N#C[C@@H](NC(=O)c1[nH]ncc1Br)c1ccccc1Cl. The summed E-state index contributed by atoms with van der Waals surface area (Å²) in [4.78, 5) is 12.0. The molecule has 0 saturated carbocycles. The lowest BCUT2D eigenvalue weighted by atomic mass is 10.1. The van der Waals surface area contributed by atoms with Crippen molar-refractivity contribution in [3.63, 3.8) is 0 Å². The van der Waals surface area contributed by atoms with Gasteiger partial charge in [-0.05, 0) is 22.0 Å². The Morgan fingerprint density at radius 3 is 2.84 bits per heavy atom. The molecule has 1 aromatic heterocycles. The second-order valence-corrected chi connectivity index (χ2v) is 4.91. The first kappa shape index (κ1) is 13.6. The van der Waals surface area contributed by atoms with Crippen LogP contribution in [0.1, 0.15) is 22.1 Å². The summed E-state index contributed by atoms with van der Waals surface area (Å²) in [5.41, 5.74) is 0.808. The lowest BCUT2D eigenvalue weighted by Crippen LogP contribution is -2.28. The Bertz CT molecular complexity index is 649. The number of rotatable bonds is 3. The Morgan fingerprint density at radius 1 is 1.53 bits per heavy atom. The van der Waals surface area contributed by atoms with Crippen LogP contribution in [0, 0.1) is 11.3 Å². The van der Waals surface area contributed by atoms with Gasteiger partial charge in [-0.2, -0.15) is 10.4 Å². The van der Waals surface area contributed by atoms with E-state index in [2.05, 4.69) is 31.4 Å². The molecule has 0 aliphatic rings. The van der Waals surface area contributed by atoms with Crippen molar-refractivity contribution in [2.75, 3.05) is 0 Å². The third-order valence-electron chi connectivity index (χ3n) is 2.44. The molecular formula is C12H8BrClN4O. The molecule has 7 heteroatoms. The summed E-state index contributed by atoms with van der Waals surface area (Å²) >= 11 is 9.19. The van der Waals surface area contributed by atoms with Crippen molar-refractivity contribution >= 4 is 33.4 Å². The molecule has 2 rings (SSSR count). The Morgan fingerprint density at radius 2 is 2.26 bits per heavy atom. The Balaban J connectivity index is 2.22. The standard InChI is InChI=1S/C12H8BrClN4O/c13-8-6-16-18-11(8)12(19)17-10(5-15)7-3-1-2-4-9(7)14/h1-4,6,10H,(H,16,18)(H,17,19)/t10-/m1/s1. The highest BCUT2D eigenvalue weighted by Gasteiger charge is 2.19. The van der Waals surface area contributed by atoms with E-state index in [-0.39, 0.29) is 5.69 Å². The molecule has 5 nitrogen and oxygen atoms in total. The summed E-state index contributed by atoms with van der Waals surface area (Å²) in [5, 5.41) is 18.4. The van der Waals surface area contributed by atoms with Gasteiger partial charge in [-0.3, -0.25) is 9.89 Å². The number of nitrogens with zero attached hydrogens (tertiary/aromatic N) is 2. The fourth-order valence-corrected chi connectivity index (χ4v) is 2.14. The van der Waals surface area contributed by atoms with Gasteiger partial charge in [0.05, 0.1) is 16.7 Å². The molecule has 0 spiro atoms. The number of benzene rings is 1. The highest BCUT2D eigenvalue weighted by Crippen LogP contribution is 2.23. The maximum absolute atomic E-state index is 12.0. The number of hydrogen-bond donors (Lipinski definition) is 2. The van der Waals surface area contributed by atoms with Crippen LogP contribution in [0.4, 0.5) is 0 Å². The number of nitrogens with one attached hydrogen (secondary N) is 2. The monoisotopic (exact) mass is 338 g/mol. The number of halogens is 2. The van der Waals surface area contributed by atoms with Crippen LogP contribution in [0.25, 0.3) is 0 Å². The summed E-state index contributed by atoms with van der Waals surface area (Å²) in [5.74, 6) is -0.434. The van der Waals surface area contributed by atoms with E-state index in [9.17, 15) is 4.79 Å². The van der Waals surface area contributed by atoms with Gasteiger partial charge >= 0.3 is 0 Å². The molecular weight excluding hydrogens is 332 g/mol. The largest absolute Gasteiger partial charge is 0.331 e. The van der Waals surface area contributed by atoms with Crippen molar-refractivity contribution in [1.29, 1.82) is 5.26 Å². The predicted octanol–water partition coefficient (Wildman–Crippen LogP) is 2.82. The van der Waals surface area contributed by atoms with Gasteiger partial charge in [0.15, 0.2) is 0 Å². The second kappa shape index (κ2) is 5.87. The maximum Gasteiger partial charge on any atom is 0.271 e. The zero-order valence-corrected chi connectivity index (χ0v) is 11.9. The number of carbonyl (C=O) groups is 1. The van der Waals surface area contributed by atoms with Crippen molar-refractivity contribution in [3.05, 3.63) is 51.2 Å². The Labute approximate surface area is 122 Å². The van der Waals surface area contributed by atoms with Gasteiger partial charge in [-0.15, -0.1) is 0 Å². The van der Waals surface area contributed by atoms with Crippen molar-refractivity contribution in [1.82, 2.24) is 15.5 Å². The molecule has 1 amide bonds. The fourth-order valence-electron chi connectivity index (χ4n) is 1.52. The van der Waals surface area contributed by atoms with E-state index in [4.69, 9.17) is 16.9 Å². The number of nitriles is 1. The number of aromatic nitrogens is 2. The van der Waals surface area contributed by atoms with E-state index in [0.717, 1.165) is 0 Å². The highest BCUT2D eigenvalue weighted by atomic mass is 79.9. The first-order valence-corrected chi connectivity index (χ1v) is 6.44. The second-order valence-electron chi connectivity index (χ2n) is 3.65. The lowest BCUT2D eigenvalue weighted by Gasteiger charge is -2.12. The molecule has 96 valence electrons. The number of H-pyrrole nitrogens is 1. The number of amides is 1. The first-order chi connectivity index (χ1) is 9.13. The van der Waals surface area contributed by atoms with Crippen LogP contribution < -0.4 is 5.32 Å². The lowest BCUT2D eigenvalue weighted by molar-refractivity contribution is 0.0939. The van der Waals surface area contributed by atoms with Gasteiger partial charge in [0.1, 0.15) is 11.7 Å². The summed E-state index contributed by atoms with van der Waals surface area (Å²) in [7, 11) is 0. The van der Waals surface area contributed by atoms with Crippen molar-refractivity contribution in [3.8, 4) is 6.07 Å². The van der Waals surface area contributed by atoms with Crippen LogP contribution >= 0.6 is 27.5 Å². The molecule has 0 aliphatic heterocycles. The molecule has 0 unspecified atom stereocenters. The quantitative estimate of drug-likeness (QED) is 0.902. The van der Waals surface area contributed by atoms with Crippen LogP contribution in [-0.4, -0.2) is 16.1 Å². The molecule has 0 bridgehead atoms. The Kier molecular flexibility index (Phi) is 4.20. The molecule has 19 heavy (non-hydrogen) atoms. The van der Waals surface area contributed by atoms with Crippen molar-refractivity contribution < 1.29 is 4.79 Å². The van der Waals surface area contributed by atoms with Gasteiger partial charge in [0, 0.05) is 10.6 Å². The van der Waals surface area contributed by atoms with Gasteiger partial charge in [0.2, 0.25) is 0 Å². The van der Waals surface area contributed by atoms with Crippen LogP contribution in [0.5, 0.6) is 0 Å². The highest BCUT2D eigenvalue weighted by molar-refractivity contribution is 9.10. The number of carbonyl (C=O) groups excluding carboxylic acids is 1.